The first-order valence-electron chi connectivity index (χ1n) is 7.30. The second kappa shape index (κ2) is 7.57. The van der Waals surface area contributed by atoms with E-state index >= 15 is 0 Å². The predicted molar refractivity (Wildman–Crippen MR) is 79.2 cm³/mol. The summed E-state index contributed by atoms with van der Waals surface area (Å²) < 4.78 is 27.9. The number of hydrogen-bond acceptors (Lipinski definition) is 3. The van der Waals surface area contributed by atoms with Crippen LogP contribution in [0.2, 0.25) is 0 Å². The van der Waals surface area contributed by atoms with Crippen molar-refractivity contribution in [3.63, 3.8) is 0 Å². The highest BCUT2D eigenvalue weighted by molar-refractivity contribution is 7.86. The van der Waals surface area contributed by atoms with Crippen molar-refractivity contribution < 1.29 is 8.42 Å². The van der Waals surface area contributed by atoms with Crippen molar-refractivity contribution >= 4 is 10.2 Å². The molecule has 0 bridgehead atoms. The summed E-state index contributed by atoms with van der Waals surface area (Å²) in [6.07, 6.45) is 1.92. The maximum absolute atomic E-state index is 12.4. The zero-order chi connectivity index (χ0) is 14.5. The van der Waals surface area contributed by atoms with Crippen molar-refractivity contribution in [1.29, 1.82) is 0 Å². The third kappa shape index (κ3) is 5.02. The molecular weight excluding hydrogens is 262 g/mol. The first-order valence-corrected chi connectivity index (χ1v) is 8.69. The van der Waals surface area contributed by atoms with Gasteiger partial charge in [-0.05, 0) is 37.8 Å². The van der Waals surface area contributed by atoms with Gasteiger partial charge in [-0.25, -0.2) is 0 Å². The Morgan fingerprint density at radius 1 is 1.32 bits per heavy atom. The van der Waals surface area contributed by atoms with E-state index < -0.39 is 10.2 Å². The Balaban J connectivity index is 2.49. The van der Waals surface area contributed by atoms with Gasteiger partial charge in [-0.3, -0.25) is 0 Å². The summed E-state index contributed by atoms with van der Waals surface area (Å²) in [7, 11) is -1.57. The van der Waals surface area contributed by atoms with Crippen LogP contribution < -0.4 is 5.32 Å². The highest BCUT2D eigenvalue weighted by Crippen LogP contribution is 2.20. The highest BCUT2D eigenvalue weighted by atomic mass is 32.2. The van der Waals surface area contributed by atoms with Crippen LogP contribution in [0.5, 0.6) is 0 Å². The van der Waals surface area contributed by atoms with Crippen LogP contribution >= 0.6 is 0 Å². The molecule has 1 aliphatic heterocycles. The number of nitrogens with zero attached hydrogens (tertiary/aromatic N) is 2. The van der Waals surface area contributed by atoms with Gasteiger partial charge in [-0.1, -0.05) is 20.8 Å². The molecule has 0 amide bonds. The summed E-state index contributed by atoms with van der Waals surface area (Å²) in [5.74, 6) is 0.966. The molecule has 5 nitrogen and oxygen atoms in total. The van der Waals surface area contributed by atoms with E-state index in [2.05, 4.69) is 12.2 Å². The molecule has 19 heavy (non-hydrogen) atoms. The lowest BCUT2D eigenvalue weighted by atomic mass is 9.98. The fraction of sp³-hybridized carbons (Fsp3) is 1.00. The fourth-order valence-corrected chi connectivity index (χ4v) is 4.05. The normalized spacial score (nSPS) is 19.5. The van der Waals surface area contributed by atoms with E-state index in [4.69, 9.17) is 0 Å². The molecule has 0 aromatic heterocycles. The van der Waals surface area contributed by atoms with Crippen molar-refractivity contribution in [3.8, 4) is 0 Å². The minimum atomic E-state index is -3.25. The van der Waals surface area contributed by atoms with Crippen LogP contribution in [0.4, 0.5) is 0 Å². The molecule has 0 aromatic carbocycles. The van der Waals surface area contributed by atoms with Gasteiger partial charge in [0.1, 0.15) is 0 Å². The lowest BCUT2D eigenvalue weighted by Gasteiger charge is -2.34. The monoisotopic (exact) mass is 291 g/mol. The Kier molecular flexibility index (Phi) is 6.73. The first kappa shape index (κ1) is 16.9. The summed E-state index contributed by atoms with van der Waals surface area (Å²) in [6, 6.07) is 0. The number of hydrogen-bond donors (Lipinski definition) is 1. The van der Waals surface area contributed by atoms with E-state index in [0.717, 1.165) is 25.9 Å². The lowest BCUT2D eigenvalue weighted by Crippen LogP contribution is -2.47. The summed E-state index contributed by atoms with van der Waals surface area (Å²) in [6.45, 7) is 10.0. The summed E-state index contributed by atoms with van der Waals surface area (Å²) in [5.41, 5.74) is 0. The number of nitrogens with one attached hydrogen (secondary N) is 1. The molecule has 1 rings (SSSR count). The summed E-state index contributed by atoms with van der Waals surface area (Å²) in [5, 5.41) is 3.34. The van der Waals surface area contributed by atoms with Crippen LogP contribution in [0.15, 0.2) is 0 Å². The average Bonchev–Trinajstić information content (AvgIpc) is 2.36. The molecule has 1 aliphatic rings. The molecule has 0 atom stereocenters. The molecule has 1 saturated heterocycles. The Bertz CT molecular complexity index is 349. The third-order valence-corrected chi connectivity index (χ3v) is 5.55. The molecule has 1 fully saturated rings. The van der Waals surface area contributed by atoms with Crippen LogP contribution in [-0.4, -0.2) is 56.8 Å². The highest BCUT2D eigenvalue weighted by Gasteiger charge is 2.30. The van der Waals surface area contributed by atoms with Crippen molar-refractivity contribution in [1.82, 2.24) is 13.9 Å². The molecule has 1 N–H and O–H groups in total. The van der Waals surface area contributed by atoms with E-state index in [-0.39, 0.29) is 0 Å². The topological polar surface area (TPSA) is 52.7 Å². The quantitative estimate of drug-likeness (QED) is 0.765. The molecule has 0 aliphatic carbocycles. The van der Waals surface area contributed by atoms with Crippen LogP contribution in [-0.2, 0) is 10.2 Å². The van der Waals surface area contributed by atoms with Crippen molar-refractivity contribution in [2.45, 2.75) is 33.6 Å². The molecule has 0 saturated carbocycles. The van der Waals surface area contributed by atoms with Gasteiger partial charge in [0, 0.05) is 26.7 Å². The van der Waals surface area contributed by atoms with Gasteiger partial charge < -0.3 is 5.32 Å². The van der Waals surface area contributed by atoms with Gasteiger partial charge in [0.2, 0.25) is 0 Å². The first-order chi connectivity index (χ1) is 8.87. The summed E-state index contributed by atoms with van der Waals surface area (Å²) >= 11 is 0. The molecular formula is C13H29N3O2S. The number of rotatable bonds is 7. The smallest absolute Gasteiger partial charge is 0.281 e. The van der Waals surface area contributed by atoms with Gasteiger partial charge in [0.05, 0.1) is 0 Å². The van der Waals surface area contributed by atoms with E-state index in [1.165, 1.54) is 4.31 Å². The Morgan fingerprint density at radius 3 is 2.37 bits per heavy atom. The van der Waals surface area contributed by atoms with Gasteiger partial charge in [-0.15, -0.1) is 0 Å². The molecule has 114 valence electrons. The standard InChI is InChI=1S/C13H29N3O2S/c1-5-14-10-13-6-8-16(9-7-13)19(17,18)15(4)11-12(2)3/h12-14H,5-11H2,1-4H3. The van der Waals surface area contributed by atoms with Gasteiger partial charge in [0.15, 0.2) is 0 Å². The summed E-state index contributed by atoms with van der Waals surface area (Å²) in [4.78, 5) is 0. The van der Waals surface area contributed by atoms with Crippen molar-refractivity contribution in [2.24, 2.45) is 11.8 Å². The maximum atomic E-state index is 12.4. The van der Waals surface area contributed by atoms with E-state index in [9.17, 15) is 8.42 Å². The van der Waals surface area contributed by atoms with Crippen molar-refractivity contribution in [3.05, 3.63) is 0 Å². The molecule has 0 unspecified atom stereocenters. The molecule has 6 heteroatoms. The maximum Gasteiger partial charge on any atom is 0.281 e. The van der Waals surface area contributed by atoms with Gasteiger partial charge >= 0.3 is 0 Å². The molecule has 0 spiro atoms. The van der Waals surface area contributed by atoms with Crippen LogP contribution in [0.3, 0.4) is 0 Å². The fourth-order valence-electron chi connectivity index (χ4n) is 2.50. The molecule has 0 aromatic rings. The SMILES string of the molecule is CCNCC1CCN(S(=O)(=O)N(C)CC(C)C)CC1. The van der Waals surface area contributed by atoms with Gasteiger partial charge in [0.25, 0.3) is 10.2 Å². The lowest BCUT2D eigenvalue weighted by molar-refractivity contribution is 0.252. The second-order valence-electron chi connectivity index (χ2n) is 5.83. The van der Waals surface area contributed by atoms with E-state index in [1.54, 1.807) is 11.4 Å². The zero-order valence-corrected chi connectivity index (χ0v) is 13.5. The van der Waals surface area contributed by atoms with E-state index in [1.807, 2.05) is 13.8 Å². The second-order valence-corrected chi connectivity index (χ2v) is 7.87. The third-order valence-electron chi connectivity index (χ3n) is 3.60. The average molecular weight is 291 g/mol. The number of piperidine rings is 1. The van der Waals surface area contributed by atoms with E-state index in [0.29, 0.717) is 31.5 Å². The minimum Gasteiger partial charge on any atom is -0.317 e. The zero-order valence-electron chi connectivity index (χ0n) is 12.7. The predicted octanol–water partition coefficient (Wildman–Crippen LogP) is 1.14. The van der Waals surface area contributed by atoms with Crippen LogP contribution in [0, 0.1) is 11.8 Å². The Labute approximate surface area is 118 Å². The van der Waals surface area contributed by atoms with Crippen LogP contribution in [0.25, 0.3) is 0 Å². The largest absolute Gasteiger partial charge is 0.317 e. The molecule has 0 radical (unpaired) electrons. The Morgan fingerprint density at radius 2 is 1.89 bits per heavy atom. The van der Waals surface area contributed by atoms with Crippen molar-refractivity contribution in [2.75, 3.05) is 39.8 Å². The molecule has 1 heterocycles. The van der Waals surface area contributed by atoms with Gasteiger partial charge in [-0.2, -0.15) is 17.0 Å². The minimum absolute atomic E-state index is 0.353. The Hall–Kier alpha value is -0.170. The van der Waals surface area contributed by atoms with Crippen LogP contribution in [0.1, 0.15) is 33.6 Å².